The van der Waals surface area contributed by atoms with E-state index in [1.54, 1.807) is 6.07 Å². The fourth-order valence-corrected chi connectivity index (χ4v) is 3.31. The highest BCUT2D eigenvalue weighted by Crippen LogP contribution is 2.27. The number of esters is 1. The van der Waals surface area contributed by atoms with Crippen LogP contribution in [0.4, 0.5) is 0 Å². The van der Waals surface area contributed by atoms with Gasteiger partial charge < -0.3 is 14.8 Å². The van der Waals surface area contributed by atoms with Crippen molar-refractivity contribution in [3.05, 3.63) is 51.7 Å². The van der Waals surface area contributed by atoms with Gasteiger partial charge in [0.05, 0.1) is 26.2 Å². The summed E-state index contributed by atoms with van der Waals surface area (Å²) in [6.45, 7) is 0.653. The summed E-state index contributed by atoms with van der Waals surface area (Å²) in [5, 5.41) is 4.84. The molecule has 0 spiro atoms. The molecule has 1 aliphatic heterocycles. The van der Waals surface area contributed by atoms with Crippen LogP contribution in [0.1, 0.15) is 33.3 Å². The number of nitrogens with one attached hydrogen (secondary N) is 1. The van der Waals surface area contributed by atoms with Crippen molar-refractivity contribution in [2.45, 2.75) is 18.9 Å². The third-order valence-electron chi connectivity index (χ3n) is 3.74. The third-order valence-corrected chi connectivity index (χ3v) is 4.73. The Morgan fingerprint density at radius 3 is 3.00 bits per heavy atom. The Hall–Kier alpha value is -2.34. The van der Waals surface area contributed by atoms with E-state index in [1.807, 2.05) is 29.6 Å². The Morgan fingerprint density at radius 1 is 1.39 bits per heavy atom. The second kappa shape index (κ2) is 6.83. The van der Waals surface area contributed by atoms with Crippen LogP contribution < -0.4 is 10.1 Å². The maximum atomic E-state index is 12.5. The topological polar surface area (TPSA) is 64.6 Å². The molecule has 120 valence electrons. The van der Waals surface area contributed by atoms with Crippen molar-refractivity contribution in [1.82, 2.24) is 5.32 Å². The van der Waals surface area contributed by atoms with Gasteiger partial charge in [0, 0.05) is 16.9 Å². The molecule has 23 heavy (non-hydrogen) atoms. The summed E-state index contributed by atoms with van der Waals surface area (Å²) in [4.78, 5) is 25.0. The van der Waals surface area contributed by atoms with Crippen LogP contribution in [0.3, 0.4) is 0 Å². The van der Waals surface area contributed by atoms with E-state index in [2.05, 4.69) is 5.32 Å². The first kappa shape index (κ1) is 15.6. The standard InChI is InChI=1S/C17H17NO4S/c1-21-16(19)10-13(15-3-2-8-23-15)18-17(20)12-4-5-14-11(9-12)6-7-22-14/h2-5,8-9,13H,6-7,10H2,1H3,(H,18,20)/t13-/m0/s1. The fraction of sp³-hybridized carbons (Fsp3) is 0.294. The number of hydrogen-bond acceptors (Lipinski definition) is 5. The van der Waals surface area contributed by atoms with E-state index < -0.39 is 0 Å². The first-order valence-electron chi connectivity index (χ1n) is 7.34. The molecule has 2 aromatic rings. The van der Waals surface area contributed by atoms with Gasteiger partial charge in [0.15, 0.2) is 0 Å². The van der Waals surface area contributed by atoms with Crippen LogP contribution in [0.2, 0.25) is 0 Å². The van der Waals surface area contributed by atoms with Crippen LogP contribution >= 0.6 is 11.3 Å². The van der Waals surface area contributed by atoms with Crippen molar-refractivity contribution in [3.63, 3.8) is 0 Å². The first-order chi connectivity index (χ1) is 11.2. The Balaban J connectivity index is 1.76. The van der Waals surface area contributed by atoms with Gasteiger partial charge in [-0.1, -0.05) is 6.07 Å². The van der Waals surface area contributed by atoms with Crippen molar-refractivity contribution in [3.8, 4) is 5.75 Å². The van der Waals surface area contributed by atoms with Gasteiger partial charge in [-0.15, -0.1) is 11.3 Å². The Kier molecular flexibility index (Phi) is 4.62. The van der Waals surface area contributed by atoms with Gasteiger partial charge >= 0.3 is 5.97 Å². The Morgan fingerprint density at radius 2 is 2.26 bits per heavy atom. The molecule has 3 rings (SSSR count). The molecule has 1 atom stereocenters. The summed E-state index contributed by atoms with van der Waals surface area (Å²) in [6, 6.07) is 8.81. The number of thiophene rings is 1. The lowest BCUT2D eigenvalue weighted by Gasteiger charge is -2.16. The molecule has 0 saturated carbocycles. The Labute approximate surface area is 138 Å². The van der Waals surface area contributed by atoms with E-state index in [4.69, 9.17) is 9.47 Å². The van der Waals surface area contributed by atoms with E-state index in [1.165, 1.54) is 18.4 Å². The Bertz CT molecular complexity index is 711. The molecule has 1 amide bonds. The second-order valence-electron chi connectivity index (χ2n) is 5.24. The third kappa shape index (κ3) is 3.53. The van der Waals surface area contributed by atoms with Crippen LogP contribution in [0.5, 0.6) is 5.75 Å². The fourth-order valence-electron chi connectivity index (χ4n) is 2.53. The maximum absolute atomic E-state index is 12.5. The second-order valence-corrected chi connectivity index (χ2v) is 6.22. The molecule has 1 aliphatic rings. The van der Waals surface area contributed by atoms with E-state index in [9.17, 15) is 9.59 Å². The molecule has 6 heteroatoms. The number of rotatable bonds is 5. The van der Waals surface area contributed by atoms with E-state index in [0.717, 1.165) is 22.6 Å². The number of methoxy groups -OCH3 is 1. The predicted molar refractivity (Wildman–Crippen MR) is 86.8 cm³/mol. The van der Waals surface area contributed by atoms with Crippen LogP contribution in [-0.2, 0) is 16.0 Å². The highest BCUT2D eigenvalue weighted by molar-refractivity contribution is 7.10. The van der Waals surface area contributed by atoms with E-state index >= 15 is 0 Å². The number of ether oxygens (including phenoxy) is 2. The van der Waals surface area contributed by atoms with Crippen LogP contribution in [0.15, 0.2) is 35.7 Å². The monoisotopic (exact) mass is 331 g/mol. The molecular formula is C17H17NO4S. The molecule has 0 saturated heterocycles. The van der Waals surface area contributed by atoms with Gasteiger partial charge in [0.2, 0.25) is 0 Å². The average molecular weight is 331 g/mol. The van der Waals surface area contributed by atoms with Gasteiger partial charge in [0.25, 0.3) is 5.91 Å². The van der Waals surface area contributed by atoms with Crippen molar-refractivity contribution < 1.29 is 19.1 Å². The van der Waals surface area contributed by atoms with E-state index in [-0.39, 0.29) is 24.3 Å². The lowest BCUT2D eigenvalue weighted by Crippen LogP contribution is -2.30. The average Bonchev–Trinajstić information content (AvgIpc) is 3.24. The molecule has 2 heterocycles. The molecule has 1 N–H and O–H groups in total. The van der Waals surface area contributed by atoms with Crippen molar-refractivity contribution in [2.24, 2.45) is 0 Å². The van der Waals surface area contributed by atoms with Gasteiger partial charge in [-0.05, 0) is 35.2 Å². The number of hydrogen-bond donors (Lipinski definition) is 1. The smallest absolute Gasteiger partial charge is 0.307 e. The first-order valence-corrected chi connectivity index (χ1v) is 8.22. The summed E-state index contributed by atoms with van der Waals surface area (Å²) in [5.74, 6) is 0.277. The predicted octanol–water partition coefficient (Wildman–Crippen LogP) is 2.72. The molecule has 0 unspecified atom stereocenters. The van der Waals surface area contributed by atoms with E-state index in [0.29, 0.717) is 12.2 Å². The minimum Gasteiger partial charge on any atom is -0.493 e. The zero-order chi connectivity index (χ0) is 16.2. The molecule has 0 fully saturated rings. The molecule has 1 aromatic heterocycles. The number of carbonyl (C=O) groups excluding carboxylic acids is 2. The minimum atomic E-state index is -0.389. The minimum absolute atomic E-state index is 0.108. The van der Waals surface area contributed by atoms with Crippen molar-refractivity contribution in [1.29, 1.82) is 0 Å². The molecule has 5 nitrogen and oxygen atoms in total. The zero-order valence-electron chi connectivity index (χ0n) is 12.7. The summed E-state index contributed by atoms with van der Waals surface area (Å²) in [7, 11) is 1.34. The summed E-state index contributed by atoms with van der Waals surface area (Å²) in [6.07, 6.45) is 0.920. The number of fused-ring (bicyclic) bond motifs is 1. The van der Waals surface area contributed by atoms with Crippen LogP contribution in [0.25, 0.3) is 0 Å². The largest absolute Gasteiger partial charge is 0.493 e. The molecule has 0 aliphatic carbocycles. The van der Waals surface area contributed by atoms with Gasteiger partial charge in [-0.25, -0.2) is 0 Å². The normalized spacial score (nSPS) is 13.8. The van der Waals surface area contributed by atoms with Crippen LogP contribution in [0, 0.1) is 0 Å². The zero-order valence-corrected chi connectivity index (χ0v) is 13.5. The van der Waals surface area contributed by atoms with Gasteiger partial charge in [0.1, 0.15) is 5.75 Å². The number of carbonyl (C=O) groups is 2. The molecule has 0 bridgehead atoms. The summed E-state index contributed by atoms with van der Waals surface area (Å²) < 4.78 is 10.2. The highest BCUT2D eigenvalue weighted by Gasteiger charge is 2.22. The molecular weight excluding hydrogens is 314 g/mol. The van der Waals surface area contributed by atoms with Crippen LogP contribution in [-0.4, -0.2) is 25.6 Å². The number of benzene rings is 1. The maximum Gasteiger partial charge on any atom is 0.307 e. The van der Waals surface area contributed by atoms with Crippen molar-refractivity contribution in [2.75, 3.05) is 13.7 Å². The molecule has 0 radical (unpaired) electrons. The van der Waals surface area contributed by atoms with Crippen molar-refractivity contribution >= 4 is 23.2 Å². The number of amides is 1. The van der Waals surface area contributed by atoms with Gasteiger partial charge in [-0.2, -0.15) is 0 Å². The SMILES string of the molecule is COC(=O)C[C@H](NC(=O)c1ccc2c(c1)CCO2)c1cccs1. The lowest BCUT2D eigenvalue weighted by molar-refractivity contribution is -0.141. The highest BCUT2D eigenvalue weighted by atomic mass is 32.1. The summed E-state index contributed by atoms with van der Waals surface area (Å²) in [5.41, 5.74) is 1.61. The van der Waals surface area contributed by atoms with Gasteiger partial charge in [-0.3, -0.25) is 9.59 Å². The lowest BCUT2D eigenvalue weighted by atomic mass is 10.1. The summed E-state index contributed by atoms with van der Waals surface area (Å²) >= 11 is 1.50. The quantitative estimate of drug-likeness (QED) is 0.856. The molecule has 1 aromatic carbocycles.